The zero-order valence-corrected chi connectivity index (χ0v) is 14.1. The summed E-state index contributed by atoms with van der Waals surface area (Å²) in [5.41, 5.74) is 1.21. The summed E-state index contributed by atoms with van der Waals surface area (Å²) in [7, 11) is 0. The molecule has 4 rings (SSSR count). The van der Waals surface area contributed by atoms with Crippen molar-refractivity contribution in [2.45, 2.75) is 50.3 Å². The summed E-state index contributed by atoms with van der Waals surface area (Å²) in [6.45, 7) is 4.62. The quantitative estimate of drug-likeness (QED) is 0.694. The molecule has 4 aliphatic rings. The van der Waals surface area contributed by atoms with Crippen molar-refractivity contribution in [3.8, 4) is 0 Å². The van der Waals surface area contributed by atoms with Crippen molar-refractivity contribution in [2.24, 2.45) is 16.3 Å². The van der Waals surface area contributed by atoms with E-state index in [1.54, 1.807) is 0 Å². The van der Waals surface area contributed by atoms with Crippen molar-refractivity contribution in [1.82, 2.24) is 0 Å². The fourth-order valence-electron chi connectivity index (χ4n) is 4.07. The normalized spacial score (nSPS) is 43.1. The predicted molar refractivity (Wildman–Crippen MR) is 94.4 cm³/mol. The van der Waals surface area contributed by atoms with E-state index < -0.39 is 0 Å². The molecule has 0 aromatic rings. The number of aliphatic hydroxyl groups is 1. The van der Waals surface area contributed by atoms with Crippen LogP contribution in [0.1, 0.15) is 39.5 Å². The number of thioether (sulfide) groups is 1. The van der Waals surface area contributed by atoms with Crippen LogP contribution in [0, 0.1) is 11.3 Å². The molecule has 4 unspecified atom stereocenters. The van der Waals surface area contributed by atoms with E-state index in [4.69, 9.17) is 4.99 Å². The molecule has 0 saturated carbocycles. The minimum atomic E-state index is 0.115. The fraction of sp³-hybridized carbons (Fsp3) is 0.526. The van der Waals surface area contributed by atoms with Crippen LogP contribution in [0.2, 0.25) is 0 Å². The summed E-state index contributed by atoms with van der Waals surface area (Å²) >= 11 is 1.88. The van der Waals surface area contributed by atoms with Crippen molar-refractivity contribution < 1.29 is 5.11 Å². The second-order valence-electron chi connectivity index (χ2n) is 7.42. The molecular weight excluding hydrogens is 290 g/mol. The van der Waals surface area contributed by atoms with Gasteiger partial charge in [0.25, 0.3) is 0 Å². The van der Waals surface area contributed by atoms with Crippen molar-refractivity contribution >= 4 is 16.8 Å². The molecule has 0 aromatic heterocycles. The van der Waals surface area contributed by atoms with Crippen LogP contribution >= 0.6 is 11.8 Å². The van der Waals surface area contributed by atoms with Gasteiger partial charge < -0.3 is 5.11 Å². The largest absolute Gasteiger partial charge is 0.512 e. The first-order chi connectivity index (χ1) is 10.5. The lowest BCUT2D eigenvalue weighted by atomic mass is 9.65. The van der Waals surface area contributed by atoms with Gasteiger partial charge in [-0.25, -0.2) is 0 Å². The van der Waals surface area contributed by atoms with Crippen molar-refractivity contribution in [1.29, 1.82) is 0 Å². The van der Waals surface area contributed by atoms with Gasteiger partial charge in [0.2, 0.25) is 0 Å². The maximum absolute atomic E-state index is 10.6. The highest BCUT2D eigenvalue weighted by molar-refractivity contribution is 8.15. The summed E-state index contributed by atoms with van der Waals surface area (Å²) in [5.74, 6) is 0.964. The number of aliphatic hydroxyl groups excluding tert-OH is 1. The van der Waals surface area contributed by atoms with Gasteiger partial charge >= 0.3 is 0 Å². The summed E-state index contributed by atoms with van der Waals surface area (Å²) in [6.07, 6.45) is 17.2. The van der Waals surface area contributed by atoms with E-state index in [0.29, 0.717) is 11.7 Å². The Morgan fingerprint density at radius 1 is 1.27 bits per heavy atom. The minimum Gasteiger partial charge on any atom is -0.512 e. The molecule has 0 fully saturated rings. The van der Waals surface area contributed by atoms with E-state index in [2.05, 4.69) is 50.3 Å². The average Bonchev–Trinajstić information content (AvgIpc) is 2.84. The number of fused-ring (bicyclic) bond motifs is 2. The van der Waals surface area contributed by atoms with Gasteiger partial charge in [0.05, 0.1) is 16.8 Å². The van der Waals surface area contributed by atoms with Crippen LogP contribution in [-0.2, 0) is 0 Å². The first-order valence-electron chi connectivity index (χ1n) is 8.21. The molecule has 2 nitrogen and oxygen atoms in total. The second-order valence-corrected chi connectivity index (χ2v) is 8.95. The third kappa shape index (κ3) is 2.13. The summed E-state index contributed by atoms with van der Waals surface area (Å²) in [4.78, 5) is 4.96. The average molecular weight is 313 g/mol. The van der Waals surface area contributed by atoms with Gasteiger partial charge in [-0.05, 0) is 37.5 Å². The third-order valence-corrected chi connectivity index (χ3v) is 7.15. The molecule has 3 heteroatoms. The minimum absolute atomic E-state index is 0.115. The Balaban J connectivity index is 1.67. The first-order valence-corrected chi connectivity index (χ1v) is 9.03. The monoisotopic (exact) mass is 313 g/mol. The smallest absolute Gasteiger partial charge is 0.0987 e. The second kappa shape index (κ2) is 4.89. The zero-order chi connectivity index (χ0) is 15.4. The van der Waals surface area contributed by atoms with Crippen LogP contribution in [0.15, 0.2) is 52.8 Å². The lowest BCUT2D eigenvalue weighted by Crippen LogP contribution is -2.33. The first kappa shape index (κ1) is 14.4. The number of rotatable bonds is 1. The van der Waals surface area contributed by atoms with Gasteiger partial charge in [-0.15, -0.1) is 0 Å². The highest BCUT2D eigenvalue weighted by Gasteiger charge is 2.45. The molecule has 3 aliphatic carbocycles. The Bertz CT molecular complexity index is 656. The Morgan fingerprint density at radius 2 is 2.14 bits per heavy atom. The van der Waals surface area contributed by atoms with Crippen LogP contribution in [0.5, 0.6) is 0 Å². The van der Waals surface area contributed by atoms with Gasteiger partial charge in [0.15, 0.2) is 0 Å². The molecular formula is C19H23NOS. The summed E-state index contributed by atoms with van der Waals surface area (Å²) < 4.78 is 0.178. The van der Waals surface area contributed by atoms with Crippen LogP contribution in [0.4, 0.5) is 0 Å². The lowest BCUT2D eigenvalue weighted by molar-refractivity contribution is 0.234. The van der Waals surface area contributed by atoms with E-state index in [-0.39, 0.29) is 16.2 Å². The number of aliphatic imine (C=N–C) groups is 1. The molecule has 0 saturated heterocycles. The molecule has 1 aliphatic heterocycles. The molecule has 1 N–H and O–H groups in total. The summed E-state index contributed by atoms with van der Waals surface area (Å²) in [5, 5.41) is 11.7. The van der Waals surface area contributed by atoms with Crippen molar-refractivity contribution in [3.05, 3.63) is 47.8 Å². The van der Waals surface area contributed by atoms with Crippen molar-refractivity contribution in [3.63, 3.8) is 0 Å². The Hall–Kier alpha value is -1.22. The van der Waals surface area contributed by atoms with E-state index in [0.717, 1.165) is 29.9 Å². The Morgan fingerprint density at radius 3 is 2.95 bits per heavy atom. The van der Waals surface area contributed by atoms with Crippen LogP contribution in [0.25, 0.3) is 0 Å². The van der Waals surface area contributed by atoms with Gasteiger partial charge in [-0.3, -0.25) is 4.99 Å². The maximum Gasteiger partial charge on any atom is 0.0987 e. The van der Waals surface area contributed by atoms with Crippen LogP contribution < -0.4 is 0 Å². The molecule has 4 atom stereocenters. The molecule has 22 heavy (non-hydrogen) atoms. The predicted octanol–water partition coefficient (Wildman–Crippen LogP) is 4.96. The maximum atomic E-state index is 10.6. The molecule has 0 aromatic carbocycles. The molecule has 116 valence electrons. The third-order valence-electron chi connectivity index (χ3n) is 5.69. The molecule has 1 heterocycles. The number of hydrogen-bond donors (Lipinski definition) is 1. The number of nitrogens with zero attached hydrogens (tertiary/aromatic N) is 1. The Kier molecular flexibility index (Phi) is 3.19. The van der Waals surface area contributed by atoms with E-state index in [1.807, 2.05) is 11.8 Å². The van der Waals surface area contributed by atoms with Crippen LogP contribution in [-0.4, -0.2) is 20.9 Å². The highest BCUT2D eigenvalue weighted by atomic mass is 32.2. The molecule has 0 amide bonds. The van der Waals surface area contributed by atoms with Crippen molar-refractivity contribution in [2.75, 3.05) is 0 Å². The Labute approximate surface area is 136 Å². The van der Waals surface area contributed by atoms with Gasteiger partial charge in [0, 0.05) is 16.7 Å². The topological polar surface area (TPSA) is 32.6 Å². The lowest BCUT2D eigenvalue weighted by Gasteiger charge is -2.40. The SMILES string of the molecule is CC12C=CC=CC1CC(O)=C(C1=NC3C=CCCC3(C)S1)C2. The molecule has 0 bridgehead atoms. The van der Waals surface area contributed by atoms with Crippen LogP contribution in [0.3, 0.4) is 0 Å². The van der Waals surface area contributed by atoms with E-state index in [1.165, 1.54) is 6.42 Å². The molecule has 0 radical (unpaired) electrons. The van der Waals surface area contributed by atoms with Gasteiger partial charge in [0.1, 0.15) is 0 Å². The van der Waals surface area contributed by atoms with E-state index >= 15 is 0 Å². The van der Waals surface area contributed by atoms with Gasteiger partial charge in [-0.1, -0.05) is 55.1 Å². The van der Waals surface area contributed by atoms with Gasteiger partial charge in [-0.2, -0.15) is 0 Å². The standard InChI is InChI=1S/C19H23NOS/c1-18-9-5-3-7-13(18)11-15(21)14(12-18)17-20-16-8-4-6-10-19(16,2)22-17/h3-5,7-9,13,16,21H,6,10-12H2,1-2H3. The van der Waals surface area contributed by atoms with E-state index in [9.17, 15) is 5.11 Å². The number of hydrogen-bond acceptors (Lipinski definition) is 3. The highest BCUT2D eigenvalue weighted by Crippen LogP contribution is 2.52. The number of allylic oxidation sites excluding steroid dienone is 6. The molecule has 0 spiro atoms. The fourth-order valence-corrected chi connectivity index (χ4v) is 5.47. The zero-order valence-electron chi connectivity index (χ0n) is 13.2. The summed E-state index contributed by atoms with van der Waals surface area (Å²) in [6, 6.07) is 0.272.